The Kier molecular flexibility index (Phi) is 6.26. The minimum absolute atomic E-state index is 0.182. The van der Waals surface area contributed by atoms with Crippen LogP contribution in [0.1, 0.15) is 27.9 Å². The molecular weight excluding hydrogens is 395 g/mol. The van der Waals surface area contributed by atoms with Crippen molar-refractivity contribution in [2.45, 2.75) is 19.1 Å². The molecule has 158 valence electrons. The summed E-state index contributed by atoms with van der Waals surface area (Å²) in [6, 6.07) is 23.0. The van der Waals surface area contributed by atoms with E-state index >= 15 is 0 Å². The summed E-state index contributed by atoms with van der Waals surface area (Å²) < 4.78 is 18.7. The van der Waals surface area contributed by atoms with Gasteiger partial charge in [0.1, 0.15) is 11.6 Å². The molecule has 0 radical (unpaired) electrons. The molecule has 0 spiro atoms. The average molecular weight is 418 g/mol. The number of carbonyl (C=O) groups excluding carboxylic acids is 1. The Bertz CT molecular complexity index is 1070. The van der Waals surface area contributed by atoms with Crippen molar-refractivity contribution in [3.63, 3.8) is 0 Å². The molecule has 0 bridgehead atoms. The molecule has 31 heavy (non-hydrogen) atoms. The minimum atomic E-state index is -0.375. The Morgan fingerprint density at radius 2 is 1.77 bits per heavy atom. The Balaban J connectivity index is 1.51. The first kappa shape index (κ1) is 20.6. The maximum Gasteiger partial charge on any atom is 0.254 e. The van der Waals surface area contributed by atoms with Crippen molar-refractivity contribution in [3.05, 3.63) is 101 Å². The van der Waals surface area contributed by atoms with Crippen LogP contribution in [0.15, 0.2) is 84.0 Å². The molecule has 0 fully saturated rings. The number of oxime groups is 1. The van der Waals surface area contributed by atoms with Crippen LogP contribution in [0.4, 0.5) is 4.39 Å². The standard InChI is InChI=1S/C25H23FN2O3/c1-30-24-10-6-5-9-22(24)23-15-21(31-27-23)17-28(16-18-7-3-2-4-8-18)25(29)19-11-13-20(26)14-12-19/h2-14,21H,15-17H2,1H3/t21-/m0/s1. The van der Waals surface area contributed by atoms with E-state index in [1.54, 1.807) is 12.0 Å². The van der Waals surface area contributed by atoms with Gasteiger partial charge in [-0.05, 0) is 42.0 Å². The highest BCUT2D eigenvalue weighted by Gasteiger charge is 2.28. The first-order valence-corrected chi connectivity index (χ1v) is 10.1. The van der Waals surface area contributed by atoms with Crippen LogP contribution in [-0.2, 0) is 11.4 Å². The normalized spacial score (nSPS) is 15.2. The van der Waals surface area contributed by atoms with E-state index in [1.807, 2.05) is 54.6 Å². The monoisotopic (exact) mass is 418 g/mol. The predicted molar refractivity (Wildman–Crippen MR) is 117 cm³/mol. The molecule has 1 amide bonds. The number of nitrogens with zero attached hydrogens (tertiary/aromatic N) is 2. The molecule has 1 atom stereocenters. The van der Waals surface area contributed by atoms with Gasteiger partial charge in [0.25, 0.3) is 5.91 Å². The lowest BCUT2D eigenvalue weighted by Gasteiger charge is -2.25. The van der Waals surface area contributed by atoms with Gasteiger partial charge in [-0.3, -0.25) is 4.79 Å². The number of hydrogen-bond donors (Lipinski definition) is 0. The van der Waals surface area contributed by atoms with Gasteiger partial charge in [-0.15, -0.1) is 0 Å². The second-order valence-electron chi connectivity index (χ2n) is 7.35. The van der Waals surface area contributed by atoms with Crippen LogP contribution in [0.5, 0.6) is 5.75 Å². The second-order valence-corrected chi connectivity index (χ2v) is 7.35. The Labute approximate surface area is 180 Å². The first-order chi connectivity index (χ1) is 15.1. The first-order valence-electron chi connectivity index (χ1n) is 10.1. The van der Waals surface area contributed by atoms with E-state index in [2.05, 4.69) is 5.16 Å². The summed E-state index contributed by atoms with van der Waals surface area (Å²) in [6.45, 7) is 0.772. The molecule has 0 saturated heterocycles. The Hall–Kier alpha value is -3.67. The molecule has 0 aliphatic carbocycles. The van der Waals surface area contributed by atoms with Crippen molar-refractivity contribution in [3.8, 4) is 5.75 Å². The number of carbonyl (C=O) groups is 1. The lowest BCUT2D eigenvalue weighted by molar-refractivity contribution is 0.0405. The van der Waals surface area contributed by atoms with Crippen molar-refractivity contribution in [1.29, 1.82) is 0 Å². The molecule has 0 N–H and O–H groups in total. The summed E-state index contributed by atoms with van der Waals surface area (Å²) in [5.41, 5.74) is 3.10. The van der Waals surface area contributed by atoms with Crippen molar-refractivity contribution >= 4 is 11.6 Å². The summed E-state index contributed by atoms with van der Waals surface area (Å²) in [5, 5.41) is 4.25. The third kappa shape index (κ3) is 4.91. The van der Waals surface area contributed by atoms with E-state index in [-0.39, 0.29) is 17.8 Å². The van der Waals surface area contributed by atoms with E-state index in [9.17, 15) is 9.18 Å². The highest BCUT2D eigenvalue weighted by molar-refractivity contribution is 6.03. The van der Waals surface area contributed by atoms with Gasteiger partial charge in [-0.2, -0.15) is 0 Å². The number of halogens is 1. The van der Waals surface area contributed by atoms with Crippen molar-refractivity contribution in [2.75, 3.05) is 13.7 Å². The van der Waals surface area contributed by atoms with E-state index in [0.29, 0.717) is 25.1 Å². The van der Waals surface area contributed by atoms with Crippen LogP contribution < -0.4 is 4.74 Å². The third-order valence-corrected chi connectivity index (χ3v) is 5.17. The fourth-order valence-electron chi connectivity index (χ4n) is 3.61. The van der Waals surface area contributed by atoms with Crippen LogP contribution in [0.3, 0.4) is 0 Å². The van der Waals surface area contributed by atoms with Crippen LogP contribution in [-0.4, -0.2) is 36.3 Å². The molecule has 5 nitrogen and oxygen atoms in total. The van der Waals surface area contributed by atoms with Gasteiger partial charge in [0.15, 0.2) is 6.10 Å². The molecule has 6 heteroatoms. The number of hydrogen-bond acceptors (Lipinski definition) is 4. The number of para-hydroxylation sites is 1. The van der Waals surface area contributed by atoms with Gasteiger partial charge in [0.05, 0.1) is 19.4 Å². The number of amides is 1. The molecule has 4 rings (SSSR count). The number of ether oxygens (including phenoxy) is 1. The highest BCUT2D eigenvalue weighted by atomic mass is 19.1. The van der Waals surface area contributed by atoms with Gasteiger partial charge in [-0.1, -0.05) is 47.6 Å². The highest BCUT2D eigenvalue weighted by Crippen LogP contribution is 2.25. The van der Waals surface area contributed by atoms with Crippen LogP contribution in [0.25, 0.3) is 0 Å². The quantitative estimate of drug-likeness (QED) is 0.560. The molecule has 3 aromatic carbocycles. The molecule has 3 aromatic rings. The van der Waals surface area contributed by atoms with E-state index < -0.39 is 0 Å². The summed E-state index contributed by atoms with van der Waals surface area (Å²) >= 11 is 0. The minimum Gasteiger partial charge on any atom is -0.496 e. The topological polar surface area (TPSA) is 51.1 Å². The van der Waals surface area contributed by atoms with Crippen molar-refractivity contribution in [1.82, 2.24) is 4.90 Å². The number of benzene rings is 3. The zero-order valence-electron chi connectivity index (χ0n) is 17.2. The van der Waals surface area contributed by atoms with Gasteiger partial charge >= 0.3 is 0 Å². The van der Waals surface area contributed by atoms with Gasteiger partial charge in [0.2, 0.25) is 0 Å². The predicted octanol–water partition coefficient (Wildman–Crippen LogP) is 4.67. The largest absolute Gasteiger partial charge is 0.496 e. The molecule has 0 aromatic heterocycles. The molecule has 1 aliphatic heterocycles. The second kappa shape index (κ2) is 9.43. The SMILES string of the molecule is COc1ccccc1C1=NO[C@H](CN(Cc2ccccc2)C(=O)c2ccc(F)cc2)C1. The molecular formula is C25H23FN2O3. The Morgan fingerprint density at radius 1 is 1.06 bits per heavy atom. The van der Waals surface area contributed by atoms with Crippen LogP contribution in [0, 0.1) is 5.82 Å². The maximum atomic E-state index is 13.3. The number of methoxy groups -OCH3 is 1. The molecule has 0 saturated carbocycles. The summed E-state index contributed by atoms with van der Waals surface area (Å²) in [6.07, 6.45) is 0.274. The third-order valence-electron chi connectivity index (χ3n) is 5.17. The van der Waals surface area contributed by atoms with Crippen LogP contribution in [0.2, 0.25) is 0 Å². The molecule has 1 aliphatic rings. The zero-order chi connectivity index (χ0) is 21.6. The van der Waals surface area contributed by atoms with E-state index in [0.717, 1.165) is 22.6 Å². The van der Waals surface area contributed by atoms with Gasteiger partial charge < -0.3 is 14.5 Å². The maximum absolute atomic E-state index is 13.3. The van der Waals surface area contributed by atoms with Crippen molar-refractivity contribution < 1.29 is 18.8 Å². The van der Waals surface area contributed by atoms with Gasteiger partial charge in [-0.25, -0.2) is 4.39 Å². The van der Waals surface area contributed by atoms with Crippen molar-refractivity contribution in [2.24, 2.45) is 5.16 Å². The molecule has 0 unspecified atom stereocenters. The van der Waals surface area contributed by atoms with E-state index in [4.69, 9.17) is 9.57 Å². The fourth-order valence-corrected chi connectivity index (χ4v) is 3.61. The van der Waals surface area contributed by atoms with Gasteiger partial charge in [0, 0.05) is 24.1 Å². The Morgan fingerprint density at radius 3 is 2.52 bits per heavy atom. The fraction of sp³-hybridized carbons (Fsp3) is 0.200. The lowest BCUT2D eigenvalue weighted by Crippen LogP contribution is -2.37. The van der Waals surface area contributed by atoms with Crippen LogP contribution >= 0.6 is 0 Å². The lowest BCUT2D eigenvalue weighted by atomic mass is 10.0. The van der Waals surface area contributed by atoms with E-state index in [1.165, 1.54) is 24.3 Å². The summed E-state index contributed by atoms with van der Waals surface area (Å²) in [5.74, 6) is 0.173. The summed E-state index contributed by atoms with van der Waals surface area (Å²) in [7, 11) is 1.62. The summed E-state index contributed by atoms with van der Waals surface area (Å²) in [4.78, 5) is 20.6. The number of rotatable bonds is 7. The average Bonchev–Trinajstić information content (AvgIpc) is 3.28. The molecule has 1 heterocycles. The smallest absolute Gasteiger partial charge is 0.254 e. The zero-order valence-corrected chi connectivity index (χ0v) is 17.2.